The number of carbonyl (C=O) groups is 1. The van der Waals surface area contributed by atoms with Crippen molar-refractivity contribution in [2.75, 3.05) is 6.61 Å². The second-order valence-corrected chi connectivity index (χ2v) is 5.07. The van der Waals surface area contributed by atoms with Crippen LogP contribution in [0.1, 0.15) is 11.3 Å². The van der Waals surface area contributed by atoms with E-state index in [0.29, 0.717) is 29.6 Å². The number of nitrogens with one attached hydrogen (secondary N) is 1. The van der Waals surface area contributed by atoms with E-state index >= 15 is 0 Å². The standard InChI is InChI=1S/C18H17NO4/c1-13-5-2-3-6-15(13)22-12-18(20)19-11-14-8-9-17(23-14)16-7-4-10-21-16/h2-10H,11-12H2,1H3,(H,19,20). The Morgan fingerprint density at radius 2 is 1.96 bits per heavy atom. The van der Waals surface area contributed by atoms with Crippen LogP contribution in [0.4, 0.5) is 0 Å². The molecule has 2 aromatic heterocycles. The molecule has 0 aliphatic rings. The third-order valence-electron chi connectivity index (χ3n) is 3.34. The predicted molar refractivity (Wildman–Crippen MR) is 84.9 cm³/mol. The van der Waals surface area contributed by atoms with Crippen LogP contribution in [0.15, 0.2) is 63.6 Å². The van der Waals surface area contributed by atoms with Crippen LogP contribution in [-0.4, -0.2) is 12.5 Å². The molecule has 0 aliphatic carbocycles. The summed E-state index contributed by atoms with van der Waals surface area (Å²) >= 11 is 0. The van der Waals surface area contributed by atoms with Gasteiger partial charge in [-0.05, 0) is 42.8 Å². The number of rotatable bonds is 6. The van der Waals surface area contributed by atoms with Gasteiger partial charge in [0, 0.05) is 0 Å². The van der Waals surface area contributed by atoms with Crippen LogP contribution >= 0.6 is 0 Å². The molecule has 0 aliphatic heterocycles. The van der Waals surface area contributed by atoms with E-state index in [1.165, 1.54) is 0 Å². The van der Waals surface area contributed by atoms with Gasteiger partial charge in [0.1, 0.15) is 11.5 Å². The summed E-state index contributed by atoms with van der Waals surface area (Å²) in [7, 11) is 0. The number of aryl methyl sites for hydroxylation is 1. The summed E-state index contributed by atoms with van der Waals surface area (Å²) in [6.45, 7) is 2.21. The highest BCUT2D eigenvalue weighted by Crippen LogP contribution is 2.22. The van der Waals surface area contributed by atoms with Gasteiger partial charge in [-0.2, -0.15) is 0 Å². The normalized spacial score (nSPS) is 10.5. The Hall–Kier alpha value is -2.95. The van der Waals surface area contributed by atoms with E-state index in [4.69, 9.17) is 13.6 Å². The van der Waals surface area contributed by atoms with E-state index in [2.05, 4.69) is 5.32 Å². The Morgan fingerprint density at radius 3 is 2.74 bits per heavy atom. The average Bonchev–Trinajstić information content (AvgIpc) is 3.23. The predicted octanol–water partition coefficient (Wildman–Crippen LogP) is 3.54. The molecule has 1 N–H and O–H groups in total. The molecule has 0 bridgehead atoms. The molecule has 0 radical (unpaired) electrons. The fourth-order valence-corrected chi connectivity index (χ4v) is 2.12. The highest BCUT2D eigenvalue weighted by atomic mass is 16.5. The lowest BCUT2D eigenvalue weighted by Crippen LogP contribution is -2.28. The third-order valence-corrected chi connectivity index (χ3v) is 3.34. The van der Waals surface area contributed by atoms with Crippen LogP contribution in [0.3, 0.4) is 0 Å². The van der Waals surface area contributed by atoms with E-state index < -0.39 is 0 Å². The van der Waals surface area contributed by atoms with E-state index in [9.17, 15) is 4.79 Å². The maximum absolute atomic E-state index is 11.8. The molecule has 0 fully saturated rings. The van der Waals surface area contributed by atoms with Crippen LogP contribution in [0.2, 0.25) is 0 Å². The molecular weight excluding hydrogens is 294 g/mol. The largest absolute Gasteiger partial charge is 0.484 e. The Morgan fingerprint density at radius 1 is 1.09 bits per heavy atom. The van der Waals surface area contributed by atoms with Gasteiger partial charge < -0.3 is 18.9 Å². The highest BCUT2D eigenvalue weighted by Gasteiger charge is 2.09. The van der Waals surface area contributed by atoms with Gasteiger partial charge in [-0.15, -0.1) is 0 Å². The van der Waals surface area contributed by atoms with Crippen LogP contribution in [0, 0.1) is 6.92 Å². The molecule has 23 heavy (non-hydrogen) atoms. The minimum absolute atomic E-state index is 0.0311. The molecular formula is C18H17NO4. The summed E-state index contributed by atoms with van der Waals surface area (Å²) in [6, 6.07) is 14.8. The minimum atomic E-state index is -0.204. The number of hydrogen-bond donors (Lipinski definition) is 1. The third kappa shape index (κ3) is 3.83. The summed E-state index contributed by atoms with van der Waals surface area (Å²) in [5.41, 5.74) is 0.995. The maximum atomic E-state index is 11.8. The van der Waals surface area contributed by atoms with Crippen molar-refractivity contribution in [1.29, 1.82) is 0 Å². The topological polar surface area (TPSA) is 64.6 Å². The van der Waals surface area contributed by atoms with Crippen molar-refractivity contribution in [2.24, 2.45) is 0 Å². The van der Waals surface area contributed by atoms with Crippen LogP contribution in [-0.2, 0) is 11.3 Å². The summed E-state index contributed by atoms with van der Waals surface area (Å²) in [5.74, 6) is 2.45. The van der Waals surface area contributed by atoms with Crippen LogP contribution in [0.5, 0.6) is 5.75 Å². The van der Waals surface area contributed by atoms with Crippen molar-refractivity contribution >= 4 is 5.91 Å². The van der Waals surface area contributed by atoms with Gasteiger partial charge in [0.15, 0.2) is 18.1 Å². The molecule has 3 aromatic rings. The van der Waals surface area contributed by atoms with Gasteiger partial charge in [-0.3, -0.25) is 4.79 Å². The Bertz CT molecular complexity index is 774. The number of furan rings is 2. The zero-order chi connectivity index (χ0) is 16.1. The van der Waals surface area contributed by atoms with E-state index in [1.54, 1.807) is 18.4 Å². The molecule has 0 spiro atoms. The first-order valence-corrected chi connectivity index (χ1v) is 7.30. The average molecular weight is 311 g/mol. The van der Waals surface area contributed by atoms with Gasteiger partial charge in [0.25, 0.3) is 5.91 Å². The lowest BCUT2D eigenvalue weighted by Gasteiger charge is -2.08. The number of hydrogen-bond acceptors (Lipinski definition) is 4. The smallest absolute Gasteiger partial charge is 0.258 e. The molecule has 0 atom stereocenters. The van der Waals surface area contributed by atoms with Gasteiger partial charge in [0.05, 0.1) is 12.8 Å². The van der Waals surface area contributed by atoms with Gasteiger partial charge in [-0.1, -0.05) is 18.2 Å². The van der Waals surface area contributed by atoms with Crippen molar-refractivity contribution in [3.8, 4) is 17.3 Å². The lowest BCUT2D eigenvalue weighted by atomic mass is 10.2. The van der Waals surface area contributed by atoms with Crippen LogP contribution in [0.25, 0.3) is 11.5 Å². The Kier molecular flexibility index (Phi) is 4.47. The number of para-hydroxylation sites is 1. The molecule has 0 saturated heterocycles. The number of ether oxygens (including phenoxy) is 1. The molecule has 5 nitrogen and oxygen atoms in total. The van der Waals surface area contributed by atoms with Gasteiger partial charge >= 0.3 is 0 Å². The highest BCUT2D eigenvalue weighted by molar-refractivity contribution is 5.77. The molecule has 118 valence electrons. The first-order valence-electron chi connectivity index (χ1n) is 7.30. The molecule has 3 rings (SSSR count). The molecule has 5 heteroatoms. The summed E-state index contributed by atoms with van der Waals surface area (Å²) in [4.78, 5) is 11.8. The van der Waals surface area contributed by atoms with Crippen molar-refractivity contribution in [2.45, 2.75) is 13.5 Å². The first-order chi connectivity index (χ1) is 11.2. The Labute approximate surface area is 133 Å². The van der Waals surface area contributed by atoms with Crippen molar-refractivity contribution in [3.05, 3.63) is 66.1 Å². The maximum Gasteiger partial charge on any atom is 0.258 e. The fraction of sp³-hybridized carbons (Fsp3) is 0.167. The van der Waals surface area contributed by atoms with Crippen molar-refractivity contribution < 1.29 is 18.4 Å². The fourth-order valence-electron chi connectivity index (χ4n) is 2.12. The first kappa shape index (κ1) is 15.0. The number of benzene rings is 1. The molecule has 2 heterocycles. The van der Waals surface area contributed by atoms with Crippen LogP contribution < -0.4 is 10.1 Å². The molecule has 0 unspecified atom stereocenters. The van der Waals surface area contributed by atoms with Crippen molar-refractivity contribution in [1.82, 2.24) is 5.32 Å². The SMILES string of the molecule is Cc1ccccc1OCC(=O)NCc1ccc(-c2ccco2)o1. The zero-order valence-corrected chi connectivity index (χ0v) is 12.7. The molecule has 1 amide bonds. The quantitative estimate of drug-likeness (QED) is 0.756. The zero-order valence-electron chi connectivity index (χ0n) is 12.7. The molecule has 0 saturated carbocycles. The summed E-state index contributed by atoms with van der Waals surface area (Å²) < 4.78 is 16.4. The number of carbonyl (C=O) groups excluding carboxylic acids is 1. The summed E-state index contributed by atoms with van der Waals surface area (Å²) in [6.07, 6.45) is 1.59. The lowest BCUT2D eigenvalue weighted by molar-refractivity contribution is -0.123. The molecule has 1 aromatic carbocycles. The van der Waals surface area contributed by atoms with Gasteiger partial charge in [-0.25, -0.2) is 0 Å². The second kappa shape index (κ2) is 6.87. The van der Waals surface area contributed by atoms with E-state index in [0.717, 1.165) is 5.56 Å². The summed E-state index contributed by atoms with van der Waals surface area (Å²) in [5, 5.41) is 2.76. The van der Waals surface area contributed by atoms with E-state index in [1.807, 2.05) is 43.3 Å². The number of amides is 1. The monoisotopic (exact) mass is 311 g/mol. The second-order valence-electron chi connectivity index (χ2n) is 5.07. The Balaban J connectivity index is 1.49. The minimum Gasteiger partial charge on any atom is -0.484 e. The van der Waals surface area contributed by atoms with Crippen molar-refractivity contribution in [3.63, 3.8) is 0 Å². The van der Waals surface area contributed by atoms with E-state index in [-0.39, 0.29) is 12.5 Å². The van der Waals surface area contributed by atoms with Gasteiger partial charge in [0.2, 0.25) is 0 Å².